The molecule has 0 amide bonds. The van der Waals surface area contributed by atoms with Gasteiger partial charge in [0.25, 0.3) is 0 Å². The van der Waals surface area contributed by atoms with Gasteiger partial charge in [-0.05, 0) is 51.8 Å². The van der Waals surface area contributed by atoms with Gasteiger partial charge in [0, 0.05) is 23.0 Å². The zero-order chi connectivity index (χ0) is 12.6. The Kier molecular flexibility index (Phi) is 3.00. The Labute approximate surface area is 103 Å². The second-order valence-electron chi connectivity index (χ2n) is 5.82. The van der Waals surface area contributed by atoms with Crippen molar-refractivity contribution in [3.63, 3.8) is 0 Å². The first-order valence-electron chi connectivity index (χ1n) is 6.09. The van der Waals surface area contributed by atoms with Crippen molar-refractivity contribution < 1.29 is 4.42 Å². The molecule has 1 aromatic carbocycles. The van der Waals surface area contributed by atoms with Crippen LogP contribution in [0.1, 0.15) is 37.5 Å². The summed E-state index contributed by atoms with van der Waals surface area (Å²) in [4.78, 5) is 0. The van der Waals surface area contributed by atoms with Crippen molar-refractivity contribution in [3.8, 4) is 0 Å². The summed E-state index contributed by atoms with van der Waals surface area (Å²) < 4.78 is 5.66. The molecule has 17 heavy (non-hydrogen) atoms. The first-order chi connectivity index (χ1) is 7.87. The van der Waals surface area contributed by atoms with Gasteiger partial charge in [0.2, 0.25) is 0 Å². The van der Waals surface area contributed by atoms with E-state index >= 15 is 0 Å². The van der Waals surface area contributed by atoms with Crippen LogP contribution in [0.25, 0.3) is 11.0 Å². The first kappa shape index (κ1) is 12.2. The summed E-state index contributed by atoms with van der Waals surface area (Å²) >= 11 is 0. The number of hydrogen-bond acceptors (Lipinski definition) is 2. The number of hydrogen-bond donors (Lipinski definition) is 1. The van der Waals surface area contributed by atoms with Gasteiger partial charge >= 0.3 is 0 Å². The van der Waals surface area contributed by atoms with Gasteiger partial charge in [-0.2, -0.15) is 0 Å². The predicted molar refractivity (Wildman–Crippen MR) is 72.3 cm³/mol. The van der Waals surface area contributed by atoms with Crippen LogP contribution in [-0.2, 0) is 6.54 Å². The van der Waals surface area contributed by atoms with Crippen molar-refractivity contribution in [1.29, 1.82) is 0 Å². The van der Waals surface area contributed by atoms with Crippen molar-refractivity contribution in [2.45, 2.75) is 46.7 Å². The van der Waals surface area contributed by atoms with E-state index in [1.54, 1.807) is 0 Å². The molecule has 2 rings (SSSR count). The highest BCUT2D eigenvalue weighted by Crippen LogP contribution is 2.26. The van der Waals surface area contributed by atoms with E-state index in [0.717, 1.165) is 12.1 Å². The highest BCUT2D eigenvalue weighted by Gasteiger charge is 2.12. The Morgan fingerprint density at radius 2 is 1.88 bits per heavy atom. The number of furan rings is 1. The van der Waals surface area contributed by atoms with Gasteiger partial charge in [0.15, 0.2) is 0 Å². The molecular formula is C15H21NO. The number of aryl methyl sites for hydroxylation is 2. The third kappa shape index (κ3) is 2.70. The molecule has 1 heterocycles. The molecule has 2 nitrogen and oxygen atoms in total. The van der Waals surface area contributed by atoms with E-state index in [2.05, 4.69) is 52.1 Å². The molecule has 0 spiro atoms. The SMILES string of the molecule is Cc1cc(C)c2occ(CNC(C)(C)C)c2c1. The summed E-state index contributed by atoms with van der Waals surface area (Å²) in [7, 11) is 0. The van der Waals surface area contributed by atoms with Crippen LogP contribution in [0, 0.1) is 13.8 Å². The lowest BCUT2D eigenvalue weighted by Crippen LogP contribution is -2.34. The number of nitrogens with one attached hydrogen (secondary N) is 1. The second kappa shape index (κ2) is 4.19. The molecule has 0 atom stereocenters. The zero-order valence-corrected chi connectivity index (χ0v) is 11.3. The third-order valence-electron chi connectivity index (χ3n) is 2.89. The summed E-state index contributed by atoms with van der Waals surface area (Å²) in [6, 6.07) is 4.36. The number of benzene rings is 1. The van der Waals surface area contributed by atoms with Gasteiger partial charge in [-0.15, -0.1) is 0 Å². The van der Waals surface area contributed by atoms with Crippen molar-refractivity contribution in [1.82, 2.24) is 5.32 Å². The Morgan fingerprint density at radius 3 is 2.53 bits per heavy atom. The van der Waals surface area contributed by atoms with Crippen molar-refractivity contribution in [3.05, 3.63) is 35.1 Å². The standard InChI is InChI=1S/C15H21NO/c1-10-6-11(2)14-13(7-10)12(9-17-14)8-16-15(3,4)5/h6-7,9,16H,8H2,1-5H3. The van der Waals surface area contributed by atoms with Gasteiger partial charge in [0.1, 0.15) is 5.58 Å². The van der Waals surface area contributed by atoms with Gasteiger partial charge < -0.3 is 9.73 Å². The highest BCUT2D eigenvalue weighted by molar-refractivity contribution is 5.84. The Hall–Kier alpha value is -1.28. The fraction of sp³-hybridized carbons (Fsp3) is 0.467. The van der Waals surface area contributed by atoms with Crippen molar-refractivity contribution in [2.75, 3.05) is 0 Å². The second-order valence-corrected chi connectivity index (χ2v) is 5.82. The van der Waals surface area contributed by atoms with Crippen LogP contribution in [0.2, 0.25) is 0 Å². The monoisotopic (exact) mass is 231 g/mol. The molecule has 0 aliphatic rings. The van der Waals surface area contributed by atoms with E-state index in [9.17, 15) is 0 Å². The minimum Gasteiger partial charge on any atom is -0.464 e. The van der Waals surface area contributed by atoms with Gasteiger partial charge in [-0.25, -0.2) is 0 Å². The largest absolute Gasteiger partial charge is 0.464 e. The molecule has 0 bridgehead atoms. The first-order valence-corrected chi connectivity index (χ1v) is 6.09. The maximum Gasteiger partial charge on any atom is 0.137 e. The van der Waals surface area contributed by atoms with E-state index in [4.69, 9.17) is 4.42 Å². The maximum atomic E-state index is 5.66. The topological polar surface area (TPSA) is 25.2 Å². The van der Waals surface area contributed by atoms with Crippen molar-refractivity contribution >= 4 is 11.0 Å². The molecule has 0 saturated carbocycles. The van der Waals surface area contributed by atoms with E-state index in [1.165, 1.54) is 22.1 Å². The molecule has 0 radical (unpaired) electrons. The van der Waals surface area contributed by atoms with Crippen LogP contribution < -0.4 is 5.32 Å². The predicted octanol–water partition coefficient (Wildman–Crippen LogP) is 3.94. The average molecular weight is 231 g/mol. The summed E-state index contributed by atoms with van der Waals surface area (Å²) in [5, 5.41) is 4.73. The third-order valence-corrected chi connectivity index (χ3v) is 2.89. The van der Waals surface area contributed by atoms with E-state index in [0.29, 0.717) is 0 Å². The van der Waals surface area contributed by atoms with Crippen LogP contribution in [0.5, 0.6) is 0 Å². The lowest BCUT2D eigenvalue weighted by molar-refractivity contribution is 0.423. The lowest BCUT2D eigenvalue weighted by Gasteiger charge is -2.20. The van der Waals surface area contributed by atoms with Crippen molar-refractivity contribution in [2.24, 2.45) is 0 Å². The molecule has 0 aliphatic heterocycles. The van der Waals surface area contributed by atoms with Gasteiger partial charge in [-0.3, -0.25) is 0 Å². The molecule has 2 aromatic rings. The smallest absolute Gasteiger partial charge is 0.137 e. The molecule has 0 unspecified atom stereocenters. The highest BCUT2D eigenvalue weighted by atomic mass is 16.3. The molecule has 92 valence electrons. The van der Waals surface area contributed by atoms with E-state index < -0.39 is 0 Å². The van der Waals surface area contributed by atoms with Crippen LogP contribution in [0.3, 0.4) is 0 Å². The Balaban J connectivity index is 2.36. The maximum absolute atomic E-state index is 5.66. The average Bonchev–Trinajstić information content (AvgIpc) is 2.57. The molecule has 0 fully saturated rings. The number of rotatable bonds is 2. The fourth-order valence-corrected chi connectivity index (χ4v) is 2.04. The van der Waals surface area contributed by atoms with E-state index in [1.807, 2.05) is 6.26 Å². The molecule has 0 saturated heterocycles. The molecule has 1 N–H and O–H groups in total. The Bertz CT molecular complexity index is 532. The minimum absolute atomic E-state index is 0.127. The minimum atomic E-state index is 0.127. The molecular weight excluding hydrogens is 210 g/mol. The molecule has 2 heteroatoms. The fourth-order valence-electron chi connectivity index (χ4n) is 2.04. The molecule has 0 aliphatic carbocycles. The van der Waals surface area contributed by atoms with Crippen LogP contribution in [0.4, 0.5) is 0 Å². The van der Waals surface area contributed by atoms with Gasteiger partial charge in [0.05, 0.1) is 6.26 Å². The van der Waals surface area contributed by atoms with Crippen LogP contribution in [0.15, 0.2) is 22.8 Å². The summed E-state index contributed by atoms with van der Waals surface area (Å²) in [6.45, 7) is 11.6. The normalized spacial score (nSPS) is 12.3. The van der Waals surface area contributed by atoms with Gasteiger partial charge in [-0.1, -0.05) is 6.07 Å². The zero-order valence-electron chi connectivity index (χ0n) is 11.3. The number of fused-ring (bicyclic) bond motifs is 1. The summed E-state index contributed by atoms with van der Waals surface area (Å²) in [5.41, 5.74) is 4.88. The quantitative estimate of drug-likeness (QED) is 0.847. The summed E-state index contributed by atoms with van der Waals surface area (Å²) in [6.07, 6.45) is 1.87. The van der Waals surface area contributed by atoms with Crippen LogP contribution in [-0.4, -0.2) is 5.54 Å². The molecule has 1 aromatic heterocycles. The lowest BCUT2D eigenvalue weighted by atomic mass is 10.0. The summed E-state index contributed by atoms with van der Waals surface area (Å²) in [5.74, 6) is 0. The van der Waals surface area contributed by atoms with Crippen LogP contribution >= 0.6 is 0 Å². The van der Waals surface area contributed by atoms with E-state index in [-0.39, 0.29) is 5.54 Å². The Morgan fingerprint density at radius 1 is 1.18 bits per heavy atom.